The van der Waals surface area contributed by atoms with E-state index in [-0.39, 0.29) is 0 Å². The van der Waals surface area contributed by atoms with Crippen molar-refractivity contribution in [3.05, 3.63) is 30.5 Å². The van der Waals surface area contributed by atoms with E-state index in [0.717, 1.165) is 42.8 Å². The van der Waals surface area contributed by atoms with Gasteiger partial charge in [-0.1, -0.05) is 38.1 Å². The predicted octanol–water partition coefficient (Wildman–Crippen LogP) is 3.10. The van der Waals surface area contributed by atoms with Crippen molar-refractivity contribution in [1.29, 1.82) is 0 Å². The molecule has 0 unspecified atom stereocenters. The summed E-state index contributed by atoms with van der Waals surface area (Å²) in [5.41, 5.74) is 0. The van der Waals surface area contributed by atoms with E-state index in [0.29, 0.717) is 5.92 Å². The zero-order chi connectivity index (χ0) is 13.5. The van der Waals surface area contributed by atoms with Gasteiger partial charge in [-0.25, -0.2) is 0 Å². The Kier molecular flexibility index (Phi) is 5.10. The van der Waals surface area contributed by atoms with Gasteiger partial charge in [0.25, 0.3) is 0 Å². The van der Waals surface area contributed by atoms with E-state index < -0.39 is 0 Å². The highest BCUT2D eigenvalue weighted by Gasteiger charge is 2.01. The minimum Gasteiger partial charge on any atom is -0.381 e. The summed E-state index contributed by atoms with van der Waals surface area (Å²) >= 11 is 0. The summed E-state index contributed by atoms with van der Waals surface area (Å²) in [6, 6.07) is 8.12. The van der Waals surface area contributed by atoms with Gasteiger partial charge in [-0.2, -0.15) is 5.10 Å². The third-order valence-electron chi connectivity index (χ3n) is 2.78. The van der Waals surface area contributed by atoms with Gasteiger partial charge in [0.05, 0.1) is 6.20 Å². The van der Waals surface area contributed by atoms with Crippen molar-refractivity contribution in [2.45, 2.75) is 20.3 Å². The maximum absolute atomic E-state index is 5.54. The molecule has 0 atom stereocenters. The Balaban J connectivity index is 1.82. The summed E-state index contributed by atoms with van der Waals surface area (Å²) in [4.78, 5) is 0. The lowest BCUT2D eigenvalue weighted by molar-refractivity contribution is 0.110. The molecule has 4 heteroatoms. The van der Waals surface area contributed by atoms with Crippen molar-refractivity contribution in [3.63, 3.8) is 0 Å². The summed E-state index contributed by atoms with van der Waals surface area (Å²) in [6.07, 6.45) is 2.75. The van der Waals surface area contributed by atoms with Gasteiger partial charge in [0.1, 0.15) is 0 Å². The Morgan fingerprint density at radius 1 is 1.26 bits per heavy atom. The smallest absolute Gasteiger partial charge is 0.156 e. The summed E-state index contributed by atoms with van der Waals surface area (Å²) in [5.74, 6) is 1.44. The molecule has 1 aromatic carbocycles. The molecule has 0 saturated carbocycles. The van der Waals surface area contributed by atoms with E-state index in [4.69, 9.17) is 4.74 Å². The molecule has 1 aromatic heterocycles. The van der Waals surface area contributed by atoms with Crippen molar-refractivity contribution in [2.24, 2.45) is 5.92 Å². The monoisotopic (exact) mass is 259 g/mol. The second-order valence-corrected chi connectivity index (χ2v) is 5.03. The lowest BCUT2D eigenvalue weighted by Gasteiger charge is -2.09. The van der Waals surface area contributed by atoms with E-state index in [2.05, 4.69) is 35.4 Å². The Bertz CT molecular complexity index is 508. The fraction of sp³-hybridized carbons (Fsp3) is 0.467. The van der Waals surface area contributed by atoms with Crippen LogP contribution in [-0.2, 0) is 4.74 Å². The third kappa shape index (κ3) is 4.17. The molecule has 19 heavy (non-hydrogen) atoms. The minimum absolute atomic E-state index is 0.594. The molecule has 0 radical (unpaired) electrons. The highest BCUT2D eigenvalue weighted by Crippen LogP contribution is 2.18. The van der Waals surface area contributed by atoms with Crippen molar-refractivity contribution in [2.75, 3.05) is 25.1 Å². The molecule has 102 valence electrons. The summed E-state index contributed by atoms with van der Waals surface area (Å²) in [6.45, 7) is 6.77. The maximum atomic E-state index is 5.54. The summed E-state index contributed by atoms with van der Waals surface area (Å²) in [5, 5.41) is 13.7. The Morgan fingerprint density at radius 3 is 2.95 bits per heavy atom. The van der Waals surface area contributed by atoms with Crippen LogP contribution in [0.2, 0.25) is 0 Å². The second kappa shape index (κ2) is 7.04. The zero-order valence-electron chi connectivity index (χ0n) is 11.6. The molecular weight excluding hydrogens is 238 g/mol. The number of ether oxygens (including phenoxy) is 1. The number of hydrogen-bond donors (Lipinski definition) is 1. The van der Waals surface area contributed by atoms with E-state index >= 15 is 0 Å². The third-order valence-corrected chi connectivity index (χ3v) is 2.78. The number of hydrogen-bond acceptors (Lipinski definition) is 4. The Hall–Kier alpha value is -1.68. The van der Waals surface area contributed by atoms with Gasteiger partial charge < -0.3 is 10.1 Å². The number of aromatic nitrogens is 2. The number of fused-ring (bicyclic) bond motifs is 1. The van der Waals surface area contributed by atoms with Crippen molar-refractivity contribution < 1.29 is 4.74 Å². The van der Waals surface area contributed by atoms with Gasteiger partial charge in [0, 0.05) is 30.5 Å². The quantitative estimate of drug-likeness (QED) is 0.776. The van der Waals surface area contributed by atoms with Crippen molar-refractivity contribution >= 4 is 16.6 Å². The molecule has 0 bridgehead atoms. The Labute approximate surface area is 114 Å². The van der Waals surface area contributed by atoms with Gasteiger partial charge in [-0.3, -0.25) is 0 Å². The second-order valence-electron chi connectivity index (χ2n) is 5.03. The van der Waals surface area contributed by atoms with E-state index in [1.54, 1.807) is 6.20 Å². The molecule has 1 N–H and O–H groups in total. The zero-order valence-corrected chi connectivity index (χ0v) is 11.6. The lowest BCUT2D eigenvalue weighted by atomic mass is 10.2. The van der Waals surface area contributed by atoms with E-state index in [9.17, 15) is 0 Å². The topological polar surface area (TPSA) is 47.0 Å². The fourth-order valence-electron chi connectivity index (χ4n) is 1.86. The first-order valence-corrected chi connectivity index (χ1v) is 6.79. The van der Waals surface area contributed by atoms with E-state index in [1.165, 1.54) is 0 Å². The average Bonchev–Trinajstić information content (AvgIpc) is 2.42. The van der Waals surface area contributed by atoms with Gasteiger partial charge in [-0.05, 0) is 12.3 Å². The molecule has 4 nitrogen and oxygen atoms in total. The minimum atomic E-state index is 0.594. The molecule has 1 heterocycles. The fourth-order valence-corrected chi connectivity index (χ4v) is 1.86. The standard InChI is InChI=1S/C15H21N3O/c1-12(2)11-19-9-5-8-16-15-14-7-4-3-6-13(14)10-17-18-15/h3-4,6-7,10,12H,5,8-9,11H2,1-2H3,(H,16,18). The predicted molar refractivity (Wildman–Crippen MR) is 78.3 cm³/mol. The van der Waals surface area contributed by atoms with Crippen molar-refractivity contribution in [1.82, 2.24) is 10.2 Å². The first kappa shape index (κ1) is 13.7. The number of benzene rings is 1. The van der Waals surface area contributed by atoms with Crippen LogP contribution < -0.4 is 5.32 Å². The number of anilines is 1. The van der Waals surface area contributed by atoms with Gasteiger partial charge >= 0.3 is 0 Å². The van der Waals surface area contributed by atoms with E-state index in [1.807, 2.05) is 18.2 Å². The first-order valence-electron chi connectivity index (χ1n) is 6.79. The Morgan fingerprint density at radius 2 is 2.11 bits per heavy atom. The molecule has 0 aliphatic carbocycles. The van der Waals surface area contributed by atoms with Crippen LogP contribution in [-0.4, -0.2) is 30.0 Å². The molecule has 0 spiro atoms. The van der Waals surface area contributed by atoms with Crippen LogP contribution in [0.3, 0.4) is 0 Å². The molecule has 0 fully saturated rings. The van der Waals surface area contributed by atoms with Crippen LogP contribution in [0.5, 0.6) is 0 Å². The molecule has 2 rings (SSSR count). The van der Waals surface area contributed by atoms with Crippen LogP contribution in [0.15, 0.2) is 30.5 Å². The number of nitrogens with zero attached hydrogens (tertiary/aromatic N) is 2. The number of nitrogens with one attached hydrogen (secondary N) is 1. The molecule has 0 saturated heterocycles. The van der Waals surface area contributed by atoms with Crippen LogP contribution in [0.1, 0.15) is 20.3 Å². The van der Waals surface area contributed by atoms with Gasteiger partial charge in [-0.15, -0.1) is 5.10 Å². The normalized spacial score (nSPS) is 11.1. The number of rotatable bonds is 7. The molecular formula is C15H21N3O. The first-order chi connectivity index (χ1) is 9.27. The van der Waals surface area contributed by atoms with Crippen molar-refractivity contribution in [3.8, 4) is 0 Å². The average molecular weight is 259 g/mol. The summed E-state index contributed by atoms with van der Waals surface area (Å²) in [7, 11) is 0. The van der Waals surface area contributed by atoms with Gasteiger partial charge in [0.2, 0.25) is 0 Å². The highest BCUT2D eigenvalue weighted by molar-refractivity contribution is 5.90. The van der Waals surface area contributed by atoms with Crippen LogP contribution in [0, 0.1) is 5.92 Å². The highest BCUT2D eigenvalue weighted by atomic mass is 16.5. The van der Waals surface area contributed by atoms with Crippen LogP contribution in [0.4, 0.5) is 5.82 Å². The summed E-state index contributed by atoms with van der Waals surface area (Å²) < 4.78 is 5.54. The molecule has 2 aromatic rings. The molecule has 0 amide bonds. The molecule has 0 aliphatic heterocycles. The van der Waals surface area contributed by atoms with Gasteiger partial charge in [0.15, 0.2) is 5.82 Å². The van der Waals surface area contributed by atoms with Crippen LogP contribution >= 0.6 is 0 Å². The SMILES string of the molecule is CC(C)COCCCNc1nncc2ccccc12. The maximum Gasteiger partial charge on any atom is 0.156 e. The lowest BCUT2D eigenvalue weighted by Crippen LogP contribution is -2.09. The largest absolute Gasteiger partial charge is 0.381 e. The van der Waals surface area contributed by atoms with Crippen LogP contribution in [0.25, 0.3) is 10.8 Å². The molecule has 0 aliphatic rings.